The molecule has 15 nitrogen and oxygen atoms in total. The summed E-state index contributed by atoms with van der Waals surface area (Å²) >= 11 is 0. The standard InChI is InChI=1S/C44H65N3O12/c1-9-25(2)39-28(5)15-16-43(59-39)22-33-20-32(58-43)14-13-27(4)38(57-36-21-35(51-8)40(30(7)55-36)54-24-52-18-17-46-47-45)26(3)11-10-12-31-23-53-41-37(48)29(6)19-34(42(49)56-33)44(31,41)50/h10-13,15-16,19,25-26,28,30,32-41,48,50H,9,14,17-18,20-24H2,1-8H3/b11-10+,27-13+,31-12+/t25?,26?,28-,30-,32+,33-,34-,35-,36?,37+,38-,39+,40-,41+,43+,44+/m0/s1. The third-order valence-corrected chi connectivity index (χ3v) is 13.0. The van der Waals surface area contributed by atoms with Crippen molar-refractivity contribution >= 4 is 5.97 Å². The van der Waals surface area contributed by atoms with E-state index in [1.54, 1.807) is 26.2 Å². The first kappa shape index (κ1) is 45.6. The molecule has 6 aliphatic rings. The Kier molecular flexibility index (Phi) is 15.3. The van der Waals surface area contributed by atoms with Crippen molar-refractivity contribution in [3.8, 4) is 0 Å². The van der Waals surface area contributed by atoms with Gasteiger partial charge in [0.1, 0.15) is 42.7 Å². The number of carbonyl (C=O) groups excluding carboxylic acids is 1. The van der Waals surface area contributed by atoms with Gasteiger partial charge in [0.15, 0.2) is 12.1 Å². The van der Waals surface area contributed by atoms with Crippen molar-refractivity contribution in [3.63, 3.8) is 0 Å². The van der Waals surface area contributed by atoms with Crippen LogP contribution in [0, 0.1) is 23.7 Å². The quantitative estimate of drug-likeness (QED) is 0.0461. The number of esters is 1. The second kappa shape index (κ2) is 19.9. The van der Waals surface area contributed by atoms with Gasteiger partial charge >= 0.3 is 5.97 Å². The summed E-state index contributed by atoms with van der Waals surface area (Å²) in [5.74, 6) is -2.54. The van der Waals surface area contributed by atoms with Crippen molar-refractivity contribution in [2.75, 3.05) is 33.7 Å². The number of methoxy groups -OCH3 is 1. The Morgan fingerprint density at radius 3 is 2.64 bits per heavy atom. The van der Waals surface area contributed by atoms with Gasteiger partial charge in [0.25, 0.3) is 0 Å². The van der Waals surface area contributed by atoms with Crippen molar-refractivity contribution < 1.29 is 57.6 Å². The molecule has 1 aliphatic carbocycles. The Morgan fingerprint density at radius 1 is 1.10 bits per heavy atom. The monoisotopic (exact) mass is 827 g/mol. The van der Waals surface area contributed by atoms with Crippen LogP contribution in [0.2, 0.25) is 0 Å². The maximum atomic E-state index is 14.3. The molecule has 15 heteroatoms. The predicted octanol–water partition coefficient (Wildman–Crippen LogP) is 6.15. The number of aliphatic hydroxyl groups is 2. The predicted molar refractivity (Wildman–Crippen MR) is 216 cm³/mol. The number of ether oxygens (including phenoxy) is 9. The van der Waals surface area contributed by atoms with Crippen LogP contribution in [0.25, 0.3) is 10.4 Å². The van der Waals surface area contributed by atoms with E-state index in [1.165, 1.54) is 0 Å². The summed E-state index contributed by atoms with van der Waals surface area (Å²) in [6.07, 6.45) is 10.6. The van der Waals surface area contributed by atoms with Crippen molar-refractivity contribution in [1.29, 1.82) is 0 Å². The van der Waals surface area contributed by atoms with E-state index in [9.17, 15) is 15.0 Å². The van der Waals surface area contributed by atoms with Gasteiger partial charge in [-0.2, -0.15) is 0 Å². The van der Waals surface area contributed by atoms with Gasteiger partial charge in [-0.05, 0) is 61.4 Å². The third-order valence-electron chi connectivity index (χ3n) is 13.0. The lowest BCUT2D eigenvalue weighted by Gasteiger charge is -2.48. The van der Waals surface area contributed by atoms with Gasteiger partial charge in [-0.3, -0.25) is 4.79 Å². The van der Waals surface area contributed by atoms with Gasteiger partial charge in [-0.15, -0.1) is 0 Å². The summed E-state index contributed by atoms with van der Waals surface area (Å²) in [5.41, 5.74) is 8.64. The molecule has 0 saturated carbocycles. The maximum Gasteiger partial charge on any atom is 0.316 e. The number of fused-ring (bicyclic) bond motifs is 2. The summed E-state index contributed by atoms with van der Waals surface area (Å²) < 4.78 is 56.7. The fraction of sp³-hybridized carbons (Fsp3) is 0.750. The van der Waals surface area contributed by atoms with E-state index in [0.29, 0.717) is 36.8 Å². The summed E-state index contributed by atoms with van der Waals surface area (Å²) in [5, 5.41) is 27.1. The molecular weight excluding hydrogens is 762 g/mol. The highest BCUT2D eigenvalue weighted by Crippen LogP contribution is 2.47. The van der Waals surface area contributed by atoms with Gasteiger partial charge in [0.2, 0.25) is 0 Å². The number of hydrogen-bond donors (Lipinski definition) is 2. The molecular formula is C44H65N3O12. The van der Waals surface area contributed by atoms with E-state index in [0.717, 1.165) is 12.0 Å². The largest absolute Gasteiger partial charge is 0.462 e. The summed E-state index contributed by atoms with van der Waals surface area (Å²) in [6, 6.07) is 0. The zero-order valence-electron chi connectivity index (χ0n) is 35.8. The van der Waals surface area contributed by atoms with E-state index < -0.39 is 66.2 Å². The van der Waals surface area contributed by atoms with Crippen molar-refractivity contribution in [2.45, 2.75) is 153 Å². The summed E-state index contributed by atoms with van der Waals surface area (Å²) in [4.78, 5) is 17.0. The van der Waals surface area contributed by atoms with Gasteiger partial charge in [0.05, 0.1) is 43.7 Å². The minimum absolute atomic E-state index is 0.00819. The Labute approximate surface area is 348 Å². The molecule has 0 aromatic rings. The third kappa shape index (κ3) is 10.1. The lowest BCUT2D eigenvalue weighted by atomic mass is 9.71. The highest BCUT2D eigenvalue weighted by atomic mass is 16.7. The average Bonchev–Trinajstić information content (AvgIpc) is 3.55. The summed E-state index contributed by atoms with van der Waals surface area (Å²) in [6.45, 7) is 14.7. The normalized spacial score (nSPS) is 44.2. The van der Waals surface area contributed by atoms with Gasteiger partial charge in [-0.1, -0.05) is 75.7 Å². The molecule has 2 bridgehead atoms. The fourth-order valence-electron chi connectivity index (χ4n) is 9.43. The Balaban J connectivity index is 1.31. The van der Waals surface area contributed by atoms with Crippen molar-refractivity contribution in [1.82, 2.24) is 0 Å². The van der Waals surface area contributed by atoms with Crippen molar-refractivity contribution in [2.24, 2.45) is 28.8 Å². The molecule has 6 rings (SSSR count). The molecule has 0 radical (unpaired) electrons. The Bertz CT molecular complexity index is 1680. The molecule has 16 atom stereocenters. The molecule has 0 amide bonds. The Hall–Kier alpha value is -2.92. The number of rotatable bonds is 11. The molecule has 2 N–H and O–H groups in total. The van der Waals surface area contributed by atoms with E-state index in [4.69, 9.17) is 48.2 Å². The minimum Gasteiger partial charge on any atom is -0.462 e. The average molecular weight is 828 g/mol. The highest BCUT2D eigenvalue weighted by molar-refractivity contribution is 5.78. The van der Waals surface area contributed by atoms with Crippen molar-refractivity contribution in [3.05, 3.63) is 69.7 Å². The van der Waals surface area contributed by atoms with E-state index in [2.05, 4.69) is 49.9 Å². The van der Waals surface area contributed by atoms with Gasteiger partial charge in [-0.25, -0.2) is 0 Å². The van der Waals surface area contributed by atoms with Crippen LogP contribution < -0.4 is 0 Å². The van der Waals surface area contributed by atoms with E-state index in [-0.39, 0.29) is 62.6 Å². The molecule has 5 heterocycles. The number of allylic oxidation sites excluding steroid dienone is 2. The van der Waals surface area contributed by atoms with Crippen LogP contribution >= 0.6 is 0 Å². The zero-order chi connectivity index (χ0) is 42.5. The highest BCUT2D eigenvalue weighted by Gasteiger charge is 2.60. The van der Waals surface area contributed by atoms with Crippen LogP contribution in [0.15, 0.2) is 64.4 Å². The minimum atomic E-state index is -1.83. The Morgan fingerprint density at radius 2 is 1.90 bits per heavy atom. The second-order valence-corrected chi connectivity index (χ2v) is 17.2. The molecule has 5 aliphatic heterocycles. The lowest BCUT2D eigenvalue weighted by Crippen LogP contribution is -2.58. The topological polar surface area (TPSA) is 189 Å². The molecule has 0 aromatic carbocycles. The molecule has 3 saturated heterocycles. The molecule has 1 spiro atoms. The van der Waals surface area contributed by atoms with E-state index in [1.807, 2.05) is 32.1 Å². The number of azide groups is 1. The molecule has 3 unspecified atom stereocenters. The maximum absolute atomic E-state index is 14.3. The molecule has 0 aromatic heterocycles. The summed E-state index contributed by atoms with van der Waals surface area (Å²) in [7, 11) is 1.63. The number of hydrogen-bond acceptors (Lipinski definition) is 13. The van der Waals surface area contributed by atoms with Crippen LogP contribution in [-0.4, -0.2) is 122 Å². The van der Waals surface area contributed by atoms with Crippen LogP contribution in [0.5, 0.6) is 0 Å². The van der Waals surface area contributed by atoms with Crippen LogP contribution in [0.3, 0.4) is 0 Å². The fourth-order valence-corrected chi connectivity index (χ4v) is 9.43. The van der Waals surface area contributed by atoms with Crippen LogP contribution in [-0.2, 0) is 47.4 Å². The number of carbonyl (C=O) groups is 1. The SMILES string of the molecule is CCC(C)[C@H]1O[C@]2(C=C[C@@H]1C)C[C@@H]1C[C@@H](C/C=C(\C)[C@@H](OC3C[C@H](OC)[C@@H](OCOCCN=[N+]=[N-])[C@H](C)O3)C(C)/C=C/C=C3\CO[C@@H]4[C@H](O)C(C)=C[C@@H](C(=O)O1)[C@]34O)O2. The van der Waals surface area contributed by atoms with Crippen LogP contribution in [0.1, 0.15) is 80.6 Å². The van der Waals surface area contributed by atoms with E-state index >= 15 is 0 Å². The first-order chi connectivity index (χ1) is 28.2. The smallest absolute Gasteiger partial charge is 0.316 e. The number of nitrogens with zero attached hydrogens (tertiary/aromatic N) is 3. The van der Waals surface area contributed by atoms with Gasteiger partial charge < -0.3 is 52.8 Å². The molecule has 328 valence electrons. The molecule has 3 fully saturated rings. The molecule has 59 heavy (non-hydrogen) atoms. The van der Waals surface area contributed by atoms with Gasteiger partial charge in [0, 0.05) is 49.7 Å². The second-order valence-electron chi connectivity index (χ2n) is 17.2. The lowest BCUT2D eigenvalue weighted by molar-refractivity contribution is -0.300. The number of aliphatic hydroxyl groups excluding tert-OH is 1. The zero-order valence-corrected chi connectivity index (χ0v) is 35.8. The first-order valence-corrected chi connectivity index (χ1v) is 21.3. The van der Waals surface area contributed by atoms with Crippen LogP contribution in [0.4, 0.5) is 0 Å². The first-order valence-electron chi connectivity index (χ1n) is 21.3.